The van der Waals surface area contributed by atoms with E-state index in [0.717, 1.165) is 4.90 Å². The quantitative estimate of drug-likeness (QED) is 0.805. The van der Waals surface area contributed by atoms with Crippen molar-refractivity contribution in [2.24, 2.45) is 11.0 Å². The summed E-state index contributed by atoms with van der Waals surface area (Å²) in [5.41, 5.74) is 0.0761. The third kappa shape index (κ3) is 2.73. The van der Waals surface area contributed by atoms with Gasteiger partial charge in [0.15, 0.2) is 5.54 Å². The van der Waals surface area contributed by atoms with Crippen molar-refractivity contribution in [2.45, 2.75) is 25.8 Å². The van der Waals surface area contributed by atoms with Gasteiger partial charge in [-0.3, -0.25) is 9.59 Å². The lowest BCUT2D eigenvalue weighted by Crippen LogP contribution is -2.62. The van der Waals surface area contributed by atoms with E-state index < -0.39 is 29.4 Å². The standard InChI is InChI=1S/C22H21N3O4/c1-3-29-21(28)24-18(26)14-15(2)22(24)19(16-10-6-4-7-11-16)23-25(20(22)27)17-12-8-5-9-13-17/h4-13,15H,3,14H2,1-2H3/t15-,22+/m0/s1. The maximum absolute atomic E-state index is 13.8. The van der Waals surface area contributed by atoms with Crippen LogP contribution in [0.4, 0.5) is 10.5 Å². The van der Waals surface area contributed by atoms with Crippen molar-refractivity contribution in [3.63, 3.8) is 0 Å². The minimum absolute atomic E-state index is 0.0546. The van der Waals surface area contributed by atoms with Crippen LogP contribution in [-0.2, 0) is 14.3 Å². The number of hydrogen-bond donors (Lipinski definition) is 0. The number of hydrazone groups is 1. The van der Waals surface area contributed by atoms with E-state index in [2.05, 4.69) is 5.10 Å². The molecule has 0 saturated carbocycles. The fourth-order valence-electron chi connectivity index (χ4n) is 4.10. The highest BCUT2D eigenvalue weighted by Gasteiger charge is 2.67. The lowest BCUT2D eigenvalue weighted by Gasteiger charge is -2.35. The number of hydrogen-bond acceptors (Lipinski definition) is 5. The lowest BCUT2D eigenvalue weighted by molar-refractivity contribution is -0.134. The predicted octanol–water partition coefficient (Wildman–Crippen LogP) is 3.20. The van der Waals surface area contributed by atoms with E-state index in [1.54, 1.807) is 38.1 Å². The highest BCUT2D eigenvalue weighted by Crippen LogP contribution is 2.45. The molecule has 2 aliphatic rings. The Kier molecular flexibility index (Phi) is 4.66. The van der Waals surface area contributed by atoms with Crippen molar-refractivity contribution < 1.29 is 19.1 Å². The Hall–Kier alpha value is -3.48. The number of nitrogens with zero attached hydrogens (tertiary/aromatic N) is 3. The highest BCUT2D eigenvalue weighted by atomic mass is 16.6. The minimum atomic E-state index is -1.54. The van der Waals surface area contributed by atoms with Gasteiger partial charge in [0.1, 0.15) is 5.71 Å². The Labute approximate surface area is 168 Å². The van der Waals surface area contributed by atoms with E-state index >= 15 is 0 Å². The number of rotatable bonds is 3. The zero-order valence-electron chi connectivity index (χ0n) is 16.2. The minimum Gasteiger partial charge on any atom is -0.449 e. The van der Waals surface area contributed by atoms with Crippen LogP contribution in [0.25, 0.3) is 0 Å². The summed E-state index contributed by atoms with van der Waals surface area (Å²) in [7, 11) is 0. The molecule has 0 bridgehead atoms. The van der Waals surface area contributed by atoms with Gasteiger partial charge in [0.05, 0.1) is 12.3 Å². The number of benzene rings is 2. The molecule has 0 unspecified atom stereocenters. The fourth-order valence-corrected chi connectivity index (χ4v) is 4.10. The van der Waals surface area contributed by atoms with Gasteiger partial charge >= 0.3 is 6.09 Å². The maximum Gasteiger partial charge on any atom is 0.417 e. The van der Waals surface area contributed by atoms with Crippen LogP contribution in [0.2, 0.25) is 0 Å². The highest BCUT2D eigenvalue weighted by molar-refractivity contribution is 6.32. The van der Waals surface area contributed by atoms with Crippen LogP contribution < -0.4 is 5.01 Å². The zero-order valence-corrected chi connectivity index (χ0v) is 16.2. The van der Waals surface area contributed by atoms with Gasteiger partial charge < -0.3 is 4.74 Å². The maximum atomic E-state index is 13.8. The molecule has 0 N–H and O–H groups in total. The number of anilines is 1. The Morgan fingerprint density at radius 2 is 1.72 bits per heavy atom. The Balaban J connectivity index is 1.94. The molecule has 148 valence electrons. The van der Waals surface area contributed by atoms with Crippen molar-refractivity contribution >= 4 is 29.3 Å². The number of ether oxygens (including phenoxy) is 1. The third-order valence-corrected chi connectivity index (χ3v) is 5.37. The lowest BCUT2D eigenvalue weighted by atomic mass is 9.78. The summed E-state index contributed by atoms with van der Waals surface area (Å²) in [6.45, 7) is 3.55. The second-order valence-corrected chi connectivity index (χ2v) is 7.07. The molecule has 1 spiro atoms. The normalized spacial score (nSPS) is 23.7. The molecule has 2 atom stereocenters. The van der Waals surface area contributed by atoms with E-state index in [1.165, 1.54) is 5.01 Å². The molecule has 29 heavy (non-hydrogen) atoms. The summed E-state index contributed by atoms with van der Waals surface area (Å²) >= 11 is 0. The van der Waals surface area contributed by atoms with Crippen LogP contribution in [0, 0.1) is 5.92 Å². The molecule has 4 rings (SSSR count). The van der Waals surface area contributed by atoms with Crippen LogP contribution in [-0.4, -0.2) is 40.7 Å². The Morgan fingerprint density at radius 1 is 1.10 bits per heavy atom. The van der Waals surface area contributed by atoms with Crippen molar-refractivity contribution in [3.8, 4) is 0 Å². The topological polar surface area (TPSA) is 79.3 Å². The molecule has 7 nitrogen and oxygen atoms in total. The van der Waals surface area contributed by atoms with E-state index in [-0.39, 0.29) is 13.0 Å². The van der Waals surface area contributed by atoms with Gasteiger partial charge in [-0.15, -0.1) is 0 Å². The SMILES string of the molecule is CCOC(=O)N1C(=O)C[C@H](C)[C@@]12C(=O)N(c1ccccc1)N=C2c1ccccc1. The first-order valence-electron chi connectivity index (χ1n) is 9.55. The molecule has 2 aromatic rings. The average Bonchev–Trinajstić information content (AvgIpc) is 3.18. The molecule has 2 heterocycles. The van der Waals surface area contributed by atoms with Crippen molar-refractivity contribution in [1.82, 2.24) is 4.90 Å². The molecular weight excluding hydrogens is 370 g/mol. The van der Waals surface area contributed by atoms with Gasteiger partial charge in [-0.1, -0.05) is 55.5 Å². The molecule has 2 aromatic carbocycles. The van der Waals surface area contributed by atoms with Crippen molar-refractivity contribution in [2.75, 3.05) is 11.6 Å². The zero-order chi connectivity index (χ0) is 20.6. The second kappa shape index (κ2) is 7.16. The Bertz CT molecular complexity index is 990. The average molecular weight is 391 g/mol. The van der Waals surface area contributed by atoms with Crippen LogP contribution >= 0.6 is 0 Å². The van der Waals surface area contributed by atoms with Gasteiger partial charge in [0.25, 0.3) is 5.91 Å². The summed E-state index contributed by atoms with van der Waals surface area (Å²) in [5.74, 6) is -1.34. The second-order valence-electron chi connectivity index (χ2n) is 7.07. The molecule has 1 saturated heterocycles. The smallest absolute Gasteiger partial charge is 0.417 e. The van der Waals surface area contributed by atoms with E-state index in [0.29, 0.717) is 17.0 Å². The number of likely N-dealkylation sites (tertiary alicyclic amines) is 1. The summed E-state index contributed by atoms with van der Waals surface area (Å²) in [6, 6.07) is 18.1. The van der Waals surface area contributed by atoms with Crippen molar-refractivity contribution in [1.29, 1.82) is 0 Å². The van der Waals surface area contributed by atoms with Crippen LogP contribution in [0.5, 0.6) is 0 Å². The van der Waals surface area contributed by atoms with E-state index in [4.69, 9.17) is 4.74 Å². The van der Waals surface area contributed by atoms with Gasteiger partial charge in [0.2, 0.25) is 5.91 Å². The third-order valence-electron chi connectivity index (χ3n) is 5.37. The van der Waals surface area contributed by atoms with Gasteiger partial charge in [0, 0.05) is 17.9 Å². The number of carbonyl (C=O) groups is 3. The van der Waals surface area contributed by atoms with Crippen LogP contribution in [0.15, 0.2) is 65.8 Å². The number of carbonyl (C=O) groups excluding carboxylic acids is 3. The van der Waals surface area contributed by atoms with Gasteiger partial charge in [-0.25, -0.2) is 9.69 Å². The summed E-state index contributed by atoms with van der Waals surface area (Å²) in [5, 5.41) is 5.90. The molecule has 0 aliphatic carbocycles. The summed E-state index contributed by atoms with van der Waals surface area (Å²) < 4.78 is 5.15. The summed E-state index contributed by atoms with van der Waals surface area (Å²) in [6.07, 6.45) is -0.771. The fraction of sp³-hybridized carbons (Fsp3) is 0.273. The number of amides is 3. The number of imide groups is 1. The van der Waals surface area contributed by atoms with Gasteiger partial charge in [-0.05, 0) is 19.1 Å². The monoisotopic (exact) mass is 391 g/mol. The van der Waals surface area contributed by atoms with Crippen molar-refractivity contribution in [3.05, 3.63) is 66.2 Å². The Morgan fingerprint density at radius 3 is 2.34 bits per heavy atom. The first-order valence-corrected chi connectivity index (χ1v) is 9.55. The molecule has 3 amide bonds. The van der Waals surface area contributed by atoms with E-state index in [1.807, 2.05) is 36.4 Å². The molecule has 1 fully saturated rings. The predicted molar refractivity (Wildman–Crippen MR) is 107 cm³/mol. The first kappa shape index (κ1) is 18.9. The molecular formula is C22H21N3O4. The van der Waals surface area contributed by atoms with E-state index in [9.17, 15) is 14.4 Å². The molecule has 2 aliphatic heterocycles. The largest absolute Gasteiger partial charge is 0.449 e. The van der Waals surface area contributed by atoms with Crippen LogP contribution in [0.3, 0.4) is 0 Å². The molecule has 7 heteroatoms. The van der Waals surface area contributed by atoms with Gasteiger partial charge in [-0.2, -0.15) is 10.1 Å². The first-order chi connectivity index (χ1) is 14.0. The summed E-state index contributed by atoms with van der Waals surface area (Å²) in [4.78, 5) is 40.4. The molecule has 0 radical (unpaired) electrons. The van der Waals surface area contributed by atoms with Crippen LogP contribution in [0.1, 0.15) is 25.8 Å². The molecule has 0 aromatic heterocycles. The number of para-hydroxylation sites is 1.